The van der Waals surface area contributed by atoms with Gasteiger partial charge in [-0.1, -0.05) is 24.3 Å². The van der Waals surface area contributed by atoms with Crippen molar-refractivity contribution in [3.8, 4) is 11.4 Å². The van der Waals surface area contributed by atoms with E-state index in [9.17, 15) is 22.8 Å². The number of nitrogens with one attached hydrogen (secondary N) is 2. The monoisotopic (exact) mass is 380 g/mol. The number of hydrogen-bond acceptors (Lipinski definition) is 4. The second-order valence-electron chi connectivity index (χ2n) is 6.46. The van der Waals surface area contributed by atoms with Gasteiger partial charge in [0, 0.05) is 43.7 Å². The summed E-state index contributed by atoms with van der Waals surface area (Å²) in [6, 6.07) is 6.82. The highest BCUT2D eigenvalue weighted by atomic mass is 19.4. The third kappa shape index (κ3) is 4.54. The highest BCUT2D eigenvalue weighted by Gasteiger charge is 2.36. The Balaban J connectivity index is 1.80. The second-order valence-corrected chi connectivity index (χ2v) is 6.46. The van der Waals surface area contributed by atoms with Crippen LogP contribution in [0.2, 0.25) is 0 Å². The summed E-state index contributed by atoms with van der Waals surface area (Å²) in [6.07, 6.45) is -4.25. The topological polar surface area (TPSA) is 78.1 Å². The van der Waals surface area contributed by atoms with E-state index >= 15 is 0 Å². The van der Waals surface area contributed by atoms with Crippen LogP contribution in [0.15, 0.2) is 29.1 Å². The number of alkyl halides is 3. The molecule has 0 atom stereocenters. The van der Waals surface area contributed by atoms with E-state index in [1.807, 2.05) is 0 Å². The third-order valence-electron chi connectivity index (χ3n) is 4.46. The number of hydrogen-bond donors (Lipinski definition) is 2. The van der Waals surface area contributed by atoms with Crippen LogP contribution in [0.25, 0.3) is 11.4 Å². The number of carbonyl (C=O) groups excluding carboxylic acids is 1. The van der Waals surface area contributed by atoms with Gasteiger partial charge in [-0.3, -0.25) is 14.5 Å². The summed E-state index contributed by atoms with van der Waals surface area (Å²) < 4.78 is 39.2. The molecule has 1 fully saturated rings. The fraction of sp³-hybridized carbons (Fsp3) is 0.389. The average Bonchev–Trinajstić information content (AvgIpc) is 2.81. The van der Waals surface area contributed by atoms with E-state index in [4.69, 9.17) is 0 Å². The first-order valence-corrected chi connectivity index (χ1v) is 8.50. The second kappa shape index (κ2) is 7.51. The number of rotatable bonds is 3. The third-order valence-corrected chi connectivity index (χ3v) is 4.46. The molecule has 0 unspecified atom stereocenters. The molecule has 2 heterocycles. The van der Waals surface area contributed by atoms with Gasteiger partial charge in [-0.25, -0.2) is 4.98 Å². The van der Waals surface area contributed by atoms with Gasteiger partial charge in [0.2, 0.25) is 5.91 Å². The van der Waals surface area contributed by atoms with Crippen molar-refractivity contribution in [2.45, 2.75) is 26.1 Å². The molecule has 9 heteroatoms. The number of H-pyrrole nitrogens is 1. The van der Waals surface area contributed by atoms with Crippen molar-refractivity contribution in [2.75, 3.05) is 19.6 Å². The molecule has 0 radical (unpaired) electrons. The molecule has 0 bridgehead atoms. The van der Waals surface area contributed by atoms with Crippen molar-refractivity contribution in [1.82, 2.24) is 20.2 Å². The molecule has 3 rings (SSSR count). The van der Waals surface area contributed by atoms with Crippen LogP contribution in [0.4, 0.5) is 13.2 Å². The lowest BCUT2D eigenvalue weighted by Crippen LogP contribution is -2.28. The summed E-state index contributed by atoms with van der Waals surface area (Å²) in [5.74, 6) is -0.0863. The minimum atomic E-state index is -4.69. The zero-order valence-corrected chi connectivity index (χ0v) is 14.7. The van der Waals surface area contributed by atoms with Crippen LogP contribution in [0, 0.1) is 6.92 Å². The van der Waals surface area contributed by atoms with Crippen LogP contribution in [-0.2, 0) is 17.5 Å². The molecule has 6 nitrogen and oxygen atoms in total. The maximum absolute atomic E-state index is 13.1. The van der Waals surface area contributed by atoms with Crippen molar-refractivity contribution in [3.63, 3.8) is 0 Å². The lowest BCUT2D eigenvalue weighted by atomic mass is 10.1. The highest BCUT2D eigenvalue weighted by molar-refractivity contribution is 5.76. The van der Waals surface area contributed by atoms with E-state index in [2.05, 4.69) is 20.2 Å². The Labute approximate surface area is 153 Å². The van der Waals surface area contributed by atoms with Gasteiger partial charge in [-0.15, -0.1) is 0 Å². The number of nitrogens with zero attached hydrogens (tertiary/aromatic N) is 2. The van der Waals surface area contributed by atoms with Crippen molar-refractivity contribution >= 4 is 5.91 Å². The van der Waals surface area contributed by atoms with E-state index in [-0.39, 0.29) is 11.7 Å². The molecular formula is C18H19F3N4O2. The van der Waals surface area contributed by atoms with Crippen molar-refractivity contribution in [3.05, 3.63) is 51.4 Å². The summed E-state index contributed by atoms with van der Waals surface area (Å²) in [5, 5.41) is 2.80. The number of aromatic nitrogens is 2. The van der Waals surface area contributed by atoms with Gasteiger partial charge in [-0.2, -0.15) is 13.2 Å². The van der Waals surface area contributed by atoms with Crippen LogP contribution in [-0.4, -0.2) is 40.4 Å². The summed E-state index contributed by atoms with van der Waals surface area (Å²) in [4.78, 5) is 31.3. The number of halogens is 3. The lowest BCUT2D eigenvalue weighted by molar-refractivity contribution is -0.141. The molecule has 2 N–H and O–H groups in total. The molecular weight excluding hydrogens is 361 g/mol. The molecule has 0 spiro atoms. The summed E-state index contributed by atoms with van der Waals surface area (Å²) >= 11 is 0. The Hall–Kier alpha value is -2.68. The van der Waals surface area contributed by atoms with E-state index in [0.717, 1.165) is 19.0 Å². The van der Waals surface area contributed by atoms with E-state index in [1.165, 1.54) is 0 Å². The van der Waals surface area contributed by atoms with Gasteiger partial charge < -0.3 is 10.3 Å². The molecule has 27 heavy (non-hydrogen) atoms. The first kappa shape index (κ1) is 19.1. The summed E-state index contributed by atoms with van der Waals surface area (Å²) in [7, 11) is 0. The van der Waals surface area contributed by atoms with Crippen LogP contribution in [0.5, 0.6) is 0 Å². The van der Waals surface area contributed by atoms with Gasteiger partial charge >= 0.3 is 6.18 Å². The molecule has 0 aliphatic carbocycles. The summed E-state index contributed by atoms with van der Waals surface area (Å²) in [6.45, 7) is 3.69. The zero-order valence-electron chi connectivity index (χ0n) is 14.7. The lowest BCUT2D eigenvalue weighted by Gasteiger charge is -2.19. The highest BCUT2D eigenvalue weighted by Crippen LogP contribution is 2.30. The van der Waals surface area contributed by atoms with Crippen LogP contribution in [0.1, 0.15) is 23.2 Å². The predicted octanol–water partition coefficient (Wildman–Crippen LogP) is 2.09. The van der Waals surface area contributed by atoms with Gasteiger partial charge in [-0.05, 0) is 12.5 Å². The molecule has 1 saturated heterocycles. The minimum Gasteiger partial charge on any atom is -0.355 e. The van der Waals surface area contributed by atoms with Gasteiger partial charge in [0.15, 0.2) is 5.69 Å². The maximum Gasteiger partial charge on any atom is 0.433 e. The van der Waals surface area contributed by atoms with Crippen LogP contribution >= 0.6 is 0 Å². The van der Waals surface area contributed by atoms with E-state index in [1.54, 1.807) is 24.3 Å². The predicted molar refractivity (Wildman–Crippen MR) is 92.9 cm³/mol. The Bertz CT molecular complexity index is 891. The van der Waals surface area contributed by atoms with Gasteiger partial charge in [0.1, 0.15) is 5.82 Å². The van der Waals surface area contributed by atoms with Gasteiger partial charge in [0.05, 0.1) is 0 Å². The van der Waals surface area contributed by atoms with Crippen molar-refractivity contribution < 1.29 is 18.0 Å². The first-order valence-electron chi connectivity index (χ1n) is 8.50. The van der Waals surface area contributed by atoms with Crippen LogP contribution < -0.4 is 10.9 Å². The molecule has 1 amide bonds. The quantitative estimate of drug-likeness (QED) is 0.855. The molecule has 1 aliphatic rings. The Morgan fingerprint density at radius 1 is 1.15 bits per heavy atom. The van der Waals surface area contributed by atoms with Crippen LogP contribution in [0.3, 0.4) is 0 Å². The molecule has 2 aromatic rings. The Morgan fingerprint density at radius 2 is 1.85 bits per heavy atom. The van der Waals surface area contributed by atoms with Crippen molar-refractivity contribution in [2.24, 2.45) is 0 Å². The smallest absolute Gasteiger partial charge is 0.355 e. The first-order chi connectivity index (χ1) is 12.7. The largest absolute Gasteiger partial charge is 0.433 e. The SMILES string of the molecule is Cc1c(C(F)(F)F)nc(-c2ccc(CN3CCNC(=O)CC3)cc2)[nH]c1=O. The Kier molecular flexibility index (Phi) is 5.31. The summed E-state index contributed by atoms with van der Waals surface area (Å²) in [5.41, 5.74) is -1.08. The zero-order chi connectivity index (χ0) is 19.6. The fourth-order valence-corrected chi connectivity index (χ4v) is 2.94. The molecule has 1 aromatic carbocycles. The fourth-order valence-electron chi connectivity index (χ4n) is 2.94. The molecule has 0 saturated carbocycles. The average molecular weight is 380 g/mol. The Morgan fingerprint density at radius 3 is 2.52 bits per heavy atom. The molecule has 144 valence electrons. The van der Waals surface area contributed by atoms with E-state index in [0.29, 0.717) is 31.6 Å². The number of carbonyl (C=O) groups is 1. The molecule has 1 aromatic heterocycles. The molecule has 1 aliphatic heterocycles. The number of aromatic amines is 1. The maximum atomic E-state index is 13.1. The van der Waals surface area contributed by atoms with Gasteiger partial charge in [0.25, 0.3) is 5.56 Å². The normalized spacial score (nSPS) is 16.1. The van der Waals surface area contributed by atoms with Crippen molar-refractivity contribution in [1.29, 1.82) is 0 Å². The number of benzene rings is 1. The van der Waals surface area contributed by atoms with E-state index < -0.39 is 23.0 Å². The standard InChI is InChI=1S/C18H19F3N4O2/c1-11-15(18(19,20)21)23-16(24-17(11)27)13-4-2-12(3-5-13)10-25-8-6-14(26)22-7-9-25/h2-5H,6-10H2,1H3,(H,22,26)(H,23,24,27). The number of amides is 1. The minimum absolute atomic E-state index is 0.0303.